The summed E-state index contributed by atoms with van der Waals surface area (Å²) in [6, 6.07) is 0. The van der Waals surface area contributed by atoms with Gasteiger partial charge < -0.3 is 9.64 Å². The Hall–Kier alpha value is -1.66. The van der Waals surface area contributed by atoms with Crippen LogP contribution in [-0.2, 0) is 4.74 Å². The van der Waals surface area contributed by atoms with Crippen molar-refractivity contribution in [3.63, 3.8) is 0 Å². The molecule has 0 radical (unpaired) electrons. The highest BCUT2D eigenvalue weighted by Gasteiger charge is 2.36. The van der Waals surface area contributed by atoms with Crippen LogP contribution < -0.4 is 0 Å². The fraction of sp³-hybridized carbons (Fsp3) is 0.778. The second-order valence-electron chi connectivity index (χ2n) is 4.87. The summed E-state index contributed by atoms with van der Waals surface area (Å²) in [5, 5.41) is 13.5. The minimum absolute atomic E-state index is 0.197. The maximum absolute atomic E-state index is 11.6. The number of likely N-dealkylation sites (tertiary alicyclic amines) is 1. The molecule has 1 aromatic heterocycles. The Morgan fingerprint density at radius 2 is 2.19 bits per heavy atom. The number of nitrogens with one attached hydrogen (secondary N) is 1. The lowest BCUT2D eigenvalue weighted by molar-refractivity contribution is 0.00752. The second kappa shape index (κ2) is 3.73. The quantitative estimate of drug-likeness (QED) is 0.753. The molecule has 2 heterocycles. The molecule has 7 heteroatoms. The maximum Gasteiger partial charge on any atom is 0.410 e. The van der Waals surface area contributed by atoms with Gasteiger partial charge in [0.05, 0.1) is 5.92 Å². The molecule has 1 aromatic rings. The van der Waals surface area contributed by atoms with Gasteiger partial charge in [-0.3, -0.25) is 0 Å². The molecule has 16 heavy (non-hydrogen) atoms. The highest BCUT2D eigenvalue weighted by molar-refractivity contribution is 5.69. The lowest BCUT2D eigenvalue weighted by Gasteiger charge is -2.38. The number of rotatable bonds is 1. The first-order valence-electron chi connectivity index (χ1n) is 5.17. The monoisotopic (exact) mass is 225 g/mol. The van der Waals surface area contributed by atoms with Crippen LogP contribution in [0.3, 0.4) is 0 Å². The van der Waals surface area contributed by atoms with Crippen LogP contribution >= 0.6 is 0 Å². The number of carbonyl (C=O) groups is 1. The van der Waals surface area contributed by atoms with E-state index in [9.17, 15) is 4.79 Å². The molecule has 1 saturated heterocycles. The van der Waals surface area contributed by atoms with Crippen molar-refractivity contribution in [2.45, 2.75) is 32.3 Å². The van der Waals surface area contributed by atoms with Gasteiger partial charge in [0.15, 0.2) is 5.82 Å². The minimum Gasteiger partial charge on any atom is -0.444 e. The summed E-state index contributed by atoms with van der Waals surface area (Å²) in [5.74, 6) is 0.919. The van der Waals surface area contributed by atoms with Gasteiger partial charge >= 0.3 is 6.09 Å². The Balaban J connectivity index is 1.82. The van der Waals surface area contributed by atoms with E-state index in [1.807, 2.05) is 20.8 Å². The molecule has 2 rings (SSSR count). The molecule has 0 unspecified atom stereocenters. The minimum atomic E-state index is -0.448. The highest BCUT2D eigenvalue weighted by atomic mass is 16.6. The zero-order valence-corrected chi connectivity index (χ0v) is 9.60. The standard InChI is InChI=1S/C9H15N5O2/c1-9(2,3)16-8(15)14-4-6(5-14)7-10-12-13-11-7/h6H,4-5H2,1-3H3,(H,10,11,12,13). The number of hydrogen-bond donors (Lipinski definition) is 1. The number of aromatic amines is 1. The van der Waals surface area contributed by atoms with Crippen LogP contribution in [0.5, 0.6) is 0 Å². The highest BCUT2D eigenvalue weighted by Crippen LogP contribution is 2.25. The molecule has 1 amide bonds. The third kappa shape index (κ3) is 2.29. The van der Waals surface area contributed by atoms with Gasteiger partial charge in [0.1, 0.15) is 5.60 Å². The first-order chi connectivity index (χ1) is 7.46. The molecule has 1 aliphatic heterocycles. The topological polar surface area (TPSA) is 84.0 Å². The smallest absolute Gasteiger partial charge is 0.410 e. The zero-order chi connectivity index (χ0) is 11.8. The lowest BCUT2D eigenvalue weighted by Crippen LogP contribution is -2.50. The lowest BCUT2D eigenvalue weighted by atomic mass is 10.0. The number of hydrogen-bond acceptors (Lipinski definition) is 5. The van der Waals surface area contributed by atoms with Gasteiger partial charge in [-0.25, -0.2) is 9.89 Å². The molecule has 7 nitrogen and oxygen atoms in total. The van der Waals surface area contributed by atoms with Gasteiger partial charge in [-0.1, -0.05) is 0 Å². The molecule has 88 valence electrons. The van der Waals surface area contributed by atoms with E-state index in [0.29, 0.717) is 13.1 Å². The largest absolute Gasteiger partial charge is 0.444 e. The molecule has 1 N–H and O–H groups in total. The number of amides is 1. The van der Waals surface area contributed by atoms with Crippen LogP contribution in [0.2, 0.25) is 0 Å². The number of nitrogens with zero attached hydrogens (tertiary/aromatic N) is 4. The normalized spacial score (nSPS) is 17.1. The van der Waals surface area contributed by atoms with Crippen molar-refractivity contribution < 1.29 is 9.53 Å². The van der Waals surface area contributed by atoms with Gasteiger partial charge in [-0.2, -0.15) is 0 Å². The summed E-state index contributed by atoms with van der Waals surface area (Å²) in [6.45, 7) is 6.76. The number of tetrazole rings is 1. The molecule has 0 aliphatic carbocycles. The van der Waals surface area contributed by atoms with E-state index >= 15 is 0 Å². The summed E-state index contributed by atoms with van der Waals surface area (Å²) < 4.78 is 5.23. The first kappa shape index (κ1) is 10.8. The summed E-state index contributed by atoms with van der Waals surface area (Å²) in [4.78, 5) is 13.2. The molecule has 0 bridgehead atoms. The fourth-order valence-electron chi connectivity index (χ4n) is 1.47. The fourth-order valence-corrected chi connectivity index (χ4v) is 1.47. The first-order valence-corrected chi connectivity index (χ1v) is 5.17. The number of carbonyl (C=O) groups excluding carboxylic acids is 1. The maximum atomic E-state index is 11.6. The molecule has 1 aliphatic rings. The van der Waals surface area contributed by atoms with Crippen molar-refractivity contribution in [3.8, 4) is 0 Å². The predicted molar refractivity (Wildman–Crippen MR) is 54.7 cm³/mol. The van der Waals surface area contributed by atoms with E-state index in [0.717, 1.165) is 5.82 Å². The number of ether oxygens (including phenoxy) is 1. The van der Waals surface area contributed by atoms with Crippen molar-refractivity contribution in [1.82, 2.24) is 25.5 Å². The second-order valence-corrected chi connectivity index (χ2v) is 4.87. The van der Waals surface area contributed by atoms with Gasteiger partial charge in [-0.15, -0.1) is 5.10 Å². The van der Waals surface area contributed by atoms with E-state index in [4.69, 9.17) is 4.74 Å². The van der Waals surface area contributed by atoms with E-state index < -0.39 is 5.60 Å². The Morgan fingerprint density at radius 1 is 1.50 bits per heavy atom. The van der Waals surface area contributed by atoms with Crippen LogP contribution in [0.4, 0.5) is 4.79 Å². The zero-order valence-electron chi connectivity index (χ0n) is 9.60. The van der Waals surface area contributed by atoms with Crippen molar-refractivity contribution in [1.29, 1.82) is 0 Å². The van der Waals surface area contributed by atoms with Gasteiger partial charge in [0.25, 0.3) is 0 Å². The van der Waals surface area contributed by atoms with Crippen molar-refractivity contribution >= 4 is 6.09 Å². The van der Waals surface area contributed by atoms with E-state index in [2.05, 4.69) is 20.6 Å². The third-order valence-corrected chi connectivity index (χ3v) is 2.28. The van der Waals surface area contributed by atoms with Crippen molar-refractivity contribution in [2.75, 3.05) is 13.1 Å². The van der Waals surface area contributed by atoms with Gasteiger partial charge in [-0.05, 0) is 31.2 Å². The molecule has 0 spiro atoms. The molecule has 1 fully saturated rings. The van der Waals surface area contributed by atoms with Crippen molar-refractivity contribution in [2.24, 2.45) is 0 Å². The van der Waals surface area contributed by atoms with Crippen LogP contribution in [0.25, 0.3) is 0 Å². The number of aromatic nitrogens is 4. The van der Waals surface area contributed by atoms with Crippen LogP contribution in [-0.4, -0.2) is 50.3 Å². The third-order valence-electron chi connectivity index (χ3n) is 2.28. The van der Waals surface area contributed by atoms with Gasteiger partial charge in [0.2, 0.25) is 0 Å². The Labute approximate surface area is 93.2 Å². The van der Waals surface area contributed by atoms with Gasteiger partial charge in [0, 0.05) is 13.1 Å². The van der Waals surface area contributed by atoms with E-state index in [-0.39, 0.29) is 12.0 Å². The van der Waals surface area contributed by atoms with E-state index in [1.54, 1.807) is 4.90 Å². The van der Waals surface area contributed by atoms with Crippen molar-refractivity contribution in [3.05, 3.63) is 5.82 Å². The summed E-state index contributed by atoms with van der Waals surface area (Å²) in [6.07, 6.45) is -0.281. The predicted octanol–water partition coefficient (Wildman–Crippen LogP) is 0.534. The average molecular weight is 225 g/mol. The number of H-pyrrole nitrogens is 1. The van der Waals surface area contributed by atoms with E-state index in [1.165, 1.54) is 0 Å². The summed E-state index contributed by atoms with van der Waals surface area (Å²) in [7, 11) is 0. The molecule has 0 saturated carbocycles. The van der Waals surface area contributed by atoms with Crippen LogP contribution in [0, 0.1) is 0 Å². The Kier molecular flexibility index (Phi) is 2.53. The molecular formula is C9H15N5O2. The molecule has 0 atom stereocenters. The van der Waals surface area contributed by atoms with Crippen LogP contribution in [0.15, 0.2) is 0 Å². The molecule has 0 aromatic carbocycles. The summed E-state index contributed by atoms with van der Waals surface area (Å²) in [5.41, 5.74) is -0.448. The average Bonchev–Trinajstić information content (AvgIpc) is 2.49. The SMILES string of the molecule is CC(C)(C)OC(=O)N1CC(c2nnn[nH]2)C1. The summed E-state index contributed by atoms with van der Waals surface area (Å²) >= 11 is 0. The molecular weight excluding hydrogens is 210 g/mol. The van der Waals surface area contributed by atoms with Crippen LogP contribution in [0.1, 0.15) is 32.5 Å². The Morgan fingerprint density at radius 3 is 2.69 bits per heavy atom. The Bertz CT molecular complexity index is 364.